The summed E-state index contributed by atoms with van der Waals surface area (Å²) in [6.07, 6.45) is 0. The van der Waals surface area contributed by atoms with Gasteiger partial charge in [0, 0.05) is 11.7 Å². The van der Waals surface area contributed by atoms with Gasteiger partial charge in [0.05, 0.1) is 13.2 Å². The van der Waals surface area contributed by atoms with Gasteiger partial charge in [0.2, 0.25) is 5.91 Å². The van der Waals surface area contributed by atoms with E-state index >= 15 is 0 Å². The average molecular weight is 264 g/mol. The molecule has 19 heavy (non-hydrogen) atoms. The van der Waals surface area contributed by atoms with Crippen LogP contribution >= 0.6 is 0 Å². The Morgan fingerprint density at radius 1 is 1.21 bits per heavy atom. The van der Waals surface area contributed by atoms with E-state index in [-0.39, 0.29) is 18.5 Å². The van der Waals surface area contributed by atoms with Gasteiger partial charge in [-0.1, -0.05) is 13.8 Å². The normalized spacial score (nSPS) is 12.1. The van der Waals surface area contributed by atoms with Gasteiger partial charge < -0.3 is 15.4 Å². The molecule has 1 aromatic carbocycles. The van der Waals surface area contributed by atoms with Gasteiger partial charge in [-0.15, -0.1) is 0 Å². The molecule has 0 radical (unpaired) electrons. The van der Waals surface area contributed by atoms with Crippen molar-refractivity contribution in [3.8, 4) is 5.75 Å². The number of anilines is 1. The third-order valence-electron chi connectivity index (χ3n) is 3.01. The Kier molecular flexibility index (Phi) is 6.19. The van der Waals surface area contributed by atoms with E-state index in [0.29, 0.717) is 12.5 Å². The van der Waals surface area contributed by atoms with Crippen molar-refractivity contribution in [2.45, 2.75) is 33.7 Å². The Labute approximate surface area is 115 Å². The van der Waals surface area contributed by atoms with E-state index in [1.165, 1.54) is 0 Å². The van der Waals surface area contributed by atoms with Gasteiger partial charge in [-0.25, -0.2) is 0 Å². The van der Waals surface area contributed by atoms with E-state index in [0.717, 1.165) is 11.4 Å². The molecule has 1 unspecified atom stereocenters. The molecule has 106 valence electrons. The maximum atomic E-state index is 11.7. The SMILES string of the molecule is CCOc1ccc(NCC(=O)NC(C)C(C)C)cc1. The molecule has 0 aromatic heterocycles. The monoisotopic (exact) mass is 264 g/mol. The Hall–Kier alpha value is -1.71. The first kappa shape index (κ1) is 15.3. The maximum Gasteiger partial charge on any atom is 0.239 e. The molecule has 0 heterocycles. The van der Waals surface area contributed by atoms with E-state index in [2.05, 4.69) is 24.5 Å². The van der Waals surface area contributed by atoms with Crippen molar-refractivity contribution in [3.63, 3.8) is 0 Å². The van der Waals surface area contributed by atoms with Crippen LogP contribution < -0.4 is 15.4 Å². The lowest BCUT2D eigenvalue weighted by Gasteiger charge is -2.17. The molecule has 1 rings (SSSR count). The van der Waals surface area contributed by atoms with Gasteiger partial charge in [-0.05, 0) is 44.0 Å². The minimum absolute atomic E-state index is 0.00934. The lowest BCUT2D eigenvalue weighted by atomic mass is 10.1. The molecule has 2 N–H and O–H groups in total. The minimum atomic E-state index is 0.00934. The fourth-order valence-corrected chi connectivity index (χ4v) is 1.49. The number of carbonyl (C=O) groups is 1. The van der Waals surface area contributed by atoms with Crippen LogP contribution in [0.5, 0.6) is 5.75 Å². The molecule has 0 bridgehead atoms. The standard InChI is InChI=1S/C15H24N2O2/c1-5-19-14-8-6-13(7-9-14)16-10-15(18)17-12(4)11(2)3/h6-9,11-12,16H,5,10H2,1-4H3,(H,17,18). The quantitative estimate of drug-likeness (QED) is 0.796. The summed E-state index contributed by atoms with van der Waals surface area (Å²) in [5.74, 6) is 1.29. The first-order chi connectivity index (χ1) is 9.02. The van der Waals surface area contributed by atoms with Crippen LogP contribution in [-0.2, 0) is 4.79 Å². The number of amides is 1. The highest BCUT2D eigenvalue weighted by molar-refractivity contribution is 5.80. The predicted octanol–water partition coefficient (Wildman–Crippen LogP) is 2.66. The van der Waals surface area contributed by atoms with Crippen LogP contribution in [0.3, 0.4) is 0 Å². The number of hydrogen-bond acceptors (Lipinski definition) is 3. The molecule has 0 saturated carbocycles. The first-order valence-corrected chi connectivity index (χ1v) is 6.79. The number of carbonyl (C=O) groups excluding carboxylic acids is 1. The van der Waals surface area contributed by atoms with Crippen LogP contribution in [0.4, 0.5) is 5.69 Å². The van der Waals surface area contributed by atoms with Gasteiger partial charge in [-0.2, -0.15) is 0 Å². The van der Waals surface area contributed by atoms with E-state index in [1.54, 1.807) is 0 Å². The summed E-state index contributed by atoms with van der Waals surface area (Å²) in [6.45, 7) is 9.08. The van der Waals surface area contributed by atoms with Gasteiger partial charge in [-0.3, -0.25) is 4.79 Å². The zero-order valence-electron chi connectivity index (χ0n) is 12.2. The van der Waals surface area contributed by atoms with Crippen LogP contribution in [0.25, 0.3) is 0 Å². The van der Waals surface area contributed by atoms with Gasteiger partial charge in [0.25, 0.3) is 0 Å². The molecule has 0 fully saturated rings. The van der Waals surface area contributed by atoms with Crippen LogP contribution in [0.1, 0.15) is 27.7 Å². The molecule has 0 aliphatic heterocycles. The summed E-state index contributed by atoms with van der Waals surface area (Å²) < 4.78 is 5.36. The fourth-order valence-electron chi connectivity index (χ4n) is 1.49. The number of hydrogen-bond donors (Lipinski definition) is 2. The second-order valence-electron chi connectivity index (χ2n) is 4.91. The second-order valence-corrected chi connectivity index (χ2v) is 4.91. The molecule has 0 spiro atoms. The van der Waals surface area contributed by atoms with Crippen molar-refractivity contribution in [1.29, 1.82) is 0 Å². The molecule has 4 heteroatoms. The molecule has 0 aliphatic carbocycles. The molecule has 1 amide bonds. The van der Waals surface area contributed by atoms with Crippen molar-refractivity contribution >= 4 is 11.6 Å². The number of rotatable bonds is 7. The van der Waals surface area contributed by atoms with E-state index in [9.17, 15) is 4.79 Å². The Bertz CT molecular complexity index is 388. The minimum Gasteiger partial charge on any atom is -0.494 e. The van der Waals surface area contributed by atoms with Crippen molar-refractivity contribution in [2.24, 2.45) is 5.92 Å². The summed E-state index contributed by atoms with van der Waals surface area (Å²) >= 11 is 0. The van der Waals surface area contributed by atoms with Crippen molar-refractivity contribution in [3.05, 3.63) is 24.3 Å². The van der Waals surface area contributed by atoms with E-state index in [4.69, 9.17) is 4.74 Å². The molecule has 1 aromatic rings. The predicted molar refractivity (Wildman–Crippen MR) is 78.5 cm³/mol. The largest absolute Gasteiger partial charge is 0.494 e. The van der Waals surface area contributed by atoms with Crippen molar-refractivity contribution in [2.75, 3.05) is 18.5 Å². The summed E-state index contributed by atoms with van der Waals surface area (Å²) in [7, 11) is 0. The zero-order valence-corrected chi connectivity index (χ0v) is 12.2. The van der Waals surface area contributed by atoms with Crippen molar-refractivity contribution in [1.82, 2.24) is 5.32 Å². The highest BCUT2D eigenvalue weighted by Crippen LogP contribution is 2.15. The first-order valence-electron chi connectivity index (χ1n) is 6.79. The molecule has 4 nitrogen and oxygen atoms in total. The van der Waals surface area contributed by atoms with Gasteiger partial charge in [0.15, 0.2) is 0 Å². The smallest absolute Gasteiger partial charge is 0.239 e. The summed E-state index contributed by atoms with van der Waals surface area (Å²) in [5.41, 5.74) is 0.913. The average Bonchev–Trinajstić information content (AvgIpc) is 2.38. The van der Waals surface area contributed by atoms with Gasteiger partial charge >= 0.3 is 0 Å². The summed E-state index contributed by atoms with van der Waals surface area (Å²) in [4.78, 5) is 11.7. The zero-order chi connectivity index (χ0) is 14.3. The number of ether oxygens (including phenoxy) is 1. The molecular weight excluding hydrogens is 240 g/mol. The topological polar surface area (TPSA) is 50.4 Å². The summed E-state index contributed by atoms with van der Waals surface area (Å²) in [6, 6.07) is 7.78. The molecule has 0 aliphatic rings. The van der Waals surface area contributed by atoms with Crippen LogP contribution in [0.15, 0.2) is 24.3 Å². The van der Waals surface area contributed by atoms with Crippen LogP contribution in [0.2, 0.25) is 0 Å². The third kappa shape index (κ3) is 5.64. The van der Waals surface area contributed by atoms with Crippen LogP contribution in [0, 0.1) is 5.92 Å². The van der Waals surface area contributed by atoms with E-state index < -0.39 is 0 Å². The maximum absolute atomic E-state index is 11.7. The van der Waals surface area contributed by atoms with Crippen molar-refractivity contribution < 1.29 is 9.53 Å². The third-order valence-corrected chi connectivity index (χ3v) is 3.01. The fraction of sp³-hybridized carbons (Fsp3) is 0.533. The lowest BCUT2D eigenvalue weighted by Crippen LogP contribution is -2.39. The Balaban J connectivity index is 2.37. The second kappa shape index (κ2) is 7.67. The summed E-state index contributed by atoms with van der Waals surface area (Å²) in [5, 5.41) is 6.05. The molecule has 0 saturated heterocycles. The molecular formula is C15H24N2O2. The number of nitrogens with one attached hydrogen (secondary N) is 2. The number of benzene rings is 1. The lowest BCUT2D eigenvalue weighted by molar-refractivity contribution is -0.120. The Morgan fingerprint density at radius 3 is 2.37 bits per heavy atom. The molecule has 1 atom stereocenters. The van der Waals surface area contributed by atoms with E-state index in [1.807, 2.05) is 38.1 Å². The highest BCUT2D eigenvalue weighted by atomic mass is 16.5. The highest BCUT2D eigenvalue weighted by Gasteiger charge is 2.10. The Morgan fingerprint density at radius 2 is 1.84 bits per heavy atom. The van der Waals surface area contributed by atoms with Crippen LogP contribution in [-0.4, -0.2) is 25.1 Å². The van der Waals surface area contributed by atoms with Gasteiger partial charge in [0.1, 0.15) is 5.75 Å².